The highest BCUT2D eigenvalue weighted by Crippen LogP contribution is 1.89. The summed E-state index contributed by atoms with van der Waals surface area (Å²) in [5.41, 5.74) is 1.39. The van der Waals surface area contributed by atoms with E-state index in [1.807, 2.05) is 0 Å². The topological polar surface area (TPSA) is 15.3 Å². The molecule has 0 saturated carbocycles. The second-order valence-corrected chi connectivity index (χ2v) is 3.92. The molecule has 0 aromatic rings. The van der Waals surface area contributed by atoms with Gasteiger partial charge in [0.05, 0.1) is 0 Å². The molecule has 0 aromatic heterocycles. The van der Waals surface area contributed by atoms with Crippen LogP contribution in [0.25, 0.3) is 0 Å². The van der Waals surface area contributed by atoms with E-state index in [-0.39, 0.29) is 0 Å². The van der Waals surface area contributed by atoms with Gasteiger partial charge in [-0.3, -0.25) is 0 Å². The third-order valence-electron chi connectivity index (χ3n) is 2.25. The molecule has 14 heavy (non-hydrogen) atoms. The van der Waals surface area contributed by atoms with Crippen LogP contribution in [-0.4, -0.2) is 37.6 Å². The van der Waals surface area contributed by atoms with Gasteiger partial charge in [-0.1, -0.05) is 25.5 Å². The molecule has 0 atom stereocenters. The van der Waals surface area contributed by atoms with E-state index in [1.165, 1.54) is 25.1 Å². The van der Waals surface area contributed by atoms with Crippen LogP contribution in [0.5, 0.6) is 0 Å². The van der Waals surface area contributed by atoms with Crippen molar-refractivity contribution in [3.8, 4) is 0 Å². The molecule has 2 nitrogen and oxygen atoms in total. The molecule has 0 aromatic carbocycles. The second-order valence-electron chi connectivity index (χ2n) is 3.92. The van der Waals surface area contributed by atoms with E-state index in [1.54, 1.807) is 0 Å². The van der Waals surface area contributed by atoms with Crippen LogP contribution in [0.4, 0.5) is 0 Å². The molecule has 2 heteroatoms. The first-order valence-electron chi connectivity index (χ1n) is 5.77. The number of nitrogens with one attached hydrogen (secondary N) is 1. The first-order valence-corrected chi connectivity index (χ1v) is 5.77. The number of likely N-dealkylation sites (N-methyl/N-ethyl adjacent to an activating group) is 1. The quantitative estimate of drug-likeness (QED) is 0.475. The summed E-state index contributed by atoms with van der Waals surface area (Å²) in [4.78, 5) is 2.48. The average Bonchev–Trinajstić information content (AvgIpc) is 2.15. The van der Waals surface area contributed by atoms with Crippen molar-refractivity contribution < 1.29 is 0 Å². The van der Waals surface area contributed by atoms with E-state index < -0.39 is 0 Å². The maximum Gasteiger partial charge on any atom is 0.0137 e. The van der Waals surface area contributed by atoms with Crippen molar-refractivity contribution in [3.63, 3.8) is 0 Å². The van der Waals surface area contributed by atoms with Gasteiger partial charge in [0.15, 0.2) is 0 Å². The lowest BCUT2D eigenvalue weighted by Crippen LogP contribution is -2.32. The van der Waals surface area contributed by atoms with Crippen LogP contribution in [0.3, 0.4) is 0 Å². The summed E-state index contributed by atoms with van der Waals surface area (Å²) in [5.74, 6) is 0. The Hall–Kier alpha value is -0.340. The molecule has 0 aliphatic heterocycles. The van der Waals surface area contributed by atoms with Crippen molar-refractivity contribution >= 4 is 0 Å². The zero-order chi connectivity index (χ0) is 10.8. The average molecular weight is 198 g/mol. The largest absolute Gasteiger partial charge is 0.312 e. The fraction of sp³-hybridized carbons (Fsp3) is 0.833. The second kappa shape index (κ2) is 9.22. The highest BCUT2D eigenvalue weighted by atomic mass is 15.1. The van der Waals surface area contributed by atoms with Gasteiger partial charge in [0.25, 0.3) is 0 Å². The first-order chi connectivity index (χ1) is 6.70. The highest BCUT2D eigenvalue weighted by Gasteiger charge is 1.98. The molecule has 0 heterocycles. The van der Waals surface area contributed by atoms with Gasteiger partial charge in [0.2, 0.25) is 0 Å². The Morgan fingerprint density at radius 3 is 2.43 bits per heavy atom. The van der Waals surface area contributed by atoms with Crippen molar-refractivity contribution in [2.24, 2.45) is 0 Å². The Balaban J connectivity index is 3.37. The fourth-order valence-electron chi connectivity index (χ4n) is 1.36. The minimum Gasteiger partial charge on any atom is -0.312 e. The first kappa shape index (κ1) is 13.7. The molecular weight excluding hydrogens is 172 g/mol. The van der Waals surface area contributed by atoms with Crippen LogP contribution in [-0.2, 0) is 0 Å². The minimum atomic E-state index is 1.01. The maximum absolute atomic E-state index is 3.42. The van der Waals surface area contributed by atoms with Crippen LogP contribution in [0, 0.1) is 0 Å². The van der Waals surface area contributed by atoms with Crippen molar-refractivity contribution in [1.29, 1.82) is 0 Å². The van der Waals surface area contributed by atoms with E-state index in [2.05, 4.69) is 44.0 Å². The summed E-state index contributed by atoms with van der Waals surface area (Å²) in [7, 11) is 0. The van der Waals surface area contributed by atoms with Crippen LogP contribution in [0.1, 0.15) is 34.1 Å². The third-order valence-corrected chi connectivity index (χ3v) is 2.25. The maximum atomic E-state index is 3.42. The standard InChI is InChI=1S/C12H26N2/c1-5-10-14(6-2)11-9-13-8-7-12(3)4/h7,13H,5-6,8-11H2,1-4H3. The Morgan fingerprint density at radius 2 is 1.93 bits per heavy atom. The van der Waals surface area contributed by atoms with Gasteiger partial charge in [-0.2, -0.15) is 0 Å². The van der Waals surface area contributed by atoms with Gasteiger partial charge in [-0.05, 0) is 33.4 Å². The van der Waals surface area contributed by atoms with Crippen LogP contribution < -0.4 is 5.32 Å². The minimum absolute atomic E-state index is 1.01. The molecule has 0 amide bonds. The summed E-state index contributed by atoms with van der Waals surface area (Å²) in [5, 5.41) is 3.42. The number of hydrogen-bond acceptors (Lipinski definition) is 2. The SMILES string of the molecule is CCCN(CC)CCNCC=C(C)C. The number of allylic oxidation sites excluding steroid dienone is 1. The lowest BCUT2D eigenvalue weighted by molar-refractivity contribution is 0.289. The highest BCUT2D eigenvalue weighted by molar-refractivity contribution is 4.94. The molecule has 0 saturated heterocycles. The molecule has 0 aliphatic rings. The van der Waals surface area contributed by atoms with Crippen molar-refractivity contribution in [2.75, 3.05) is 32.7 Å². The molecule has 0 aliphatic carbocycles. The summed E-state index contributed by atoms with van der Waals surface area (Å²) >= 11 is 0. The lowest BCUT2D eigenvalue weighted by atomic mass is 10.3. The zero-order valence-electron chi connectivity index (χ0n) is 10.3. The van der Waals surface area contributed by atoms with Crippen molar-refractivity contribution in [3.05, 3.63) is 11.6 Å². The van der Waals surface area contributed by atoms with Gasteiger partial charge in [0.1, 0.15) is 0 Å². The monoisotopic (exact) mass is 198 g/mol. The number of rotatable bonds is 8. The molecule has 0 bridgehead atoms. The van der Waals surface area contributed by atoms with Crippen molar-refractivity contribution in [2.45, 2.75) is 34.1 Å². The third kappa shape index (κ3) is 8.27. The van der Waals surface area contributed by atoms with Gasteiger partial charge in [-0.25, -0.2) is 0 Å². The van der Waals surface area contributed by atoms with Gasteiger partial charge in [0, 0.05) is 19.6 Å². The van der Waals surface area contributed by atoms with E-state index >= 15 is 0 Å². The van der Waals surface area contributed by atoms with E-state index in [0.717, 1.165) is 19.6 Å². The van der Waals surface area contributed by atoms with E-state index in [0.29, 0.717) is 0 Å². The van der Waals surface area contributed by atoms with Crippen LogP contribution in [0.15, 0.2) is 11.6 Å². The van der Waals surface area contributed by atoms with E-state index in [4.69, 9.17) is 0 Å². The van der Waals surface area contributed by atoms with E-state index in [9.17, 15) is 0 Å². The normalized spacial score (nSPS) is 10.6. The Bertz CT molecular complexity index is 148. The van der Waals surface area contributed by atoms with Gasteiger partial charge < -0.3 is 10.2 Å². The predicted octanol–water partition coefficient (Wildman–Crippen LogP) is 2.27. The summed E-state index contributed by atoms with van der Waals surface area (Å²) in [6, 6.07) is 0. The lowest BCUT2D eigenvalue weighted by Gasteiger charge is -2.19. The van der Waals surface area contributed by atoms with Crippen molar-refractivity contribution in [1.82, 2.24) is 10.2 Å². The summed E-state index contributed by atoms with van der Waals surface area (Å²) in [6.07, 6.45) is 3.48. The summed E-state index contributed by atoms with van der Waals surface area (Å²) < 4.78 is 0. The number of hydrogen-bond donors (Lipinski definition) is 1. The molecular formula is C12H26N2. The number of nitrogens with zero attached hydrogens (tertiary/aromatic N) is 1. The van der Waals surface area contributed by atoms with Gasteiger partial charge in [-0.15, -0.1) is 0 Å². The Morgan fingerprint density at radius 1 is 1.21 bits per heavy atom. The Kier molecular flexibility index (Phi) is 9.00. The molecule has 0 fully saturated rings. The predicted molar refractivity (Wildman–Crippen MR) is 64.7 cm³/mol. The zero-order valence-corrected chi connectivity index (χ0v) is 10.3. The Labute approximate surface area is 89.4 Å². The smallest absolute Gasteiger partial charge is 0.0137 e. The molecule has 0 spiro atoms. The van der Waals surface area contributed by atoms with Crippen LogP contribution in [0.2, 0.25) is 0 Å². The molecule has 0 unspecified atom stereocenters. The fourth-order valence-corrected chi connectivity index (χ4v) is 1.36. The molecule has 1 N–H and O–H groups in total. The molecule has 0 rings (SSSR count). The van der Waals surface area contributed by atoms with Crippen LogP contribution >= 0.6 is 0 Å². The molecule has 0 radical (unpaired) electrons. The molecule has 84 valence electrons. The van der Waals surface area contributed by atoms with Gasteiger partial charge >= 0.3 is 0 Å². The summed E-state index contributed by atoms with van der Waals surface area (Å²) in [6.45, 7) is 14.4.